The van der Waals surface area contributed by atoms with Gasteiger partial charge in [-0.25, -0.2) is 9.78 Å². The van der Waals surface area contributed by atoms with Gasteiger partial charge in [0.15, 0.2) is 5.78 Å². The number of aromatic amines is 1. The molecule has 0 aliphatic rings. The molecule has 0 radical (unpaired) electrons. The summed E-state index contributed by atoms with van der Waals surface area (Å²) in [5.41, 5.74) is 5.59. The third-order valence-corrected chi connectivity index (χ3v) is 5.55. The number of nitrogens with one attached hydrogen (secondary N) is 3. The number of ketones is 1. The summed E-state index contributed by atoms with van der Waals surface area (Å²) < 4.78 is 0. The minimum atomic E-state index is -0.378. The third kappa shape index (κ3) is 4.27. The Kier molecular flexibility index (Phi) is 5.58. The monoisotopic (exact) mass is 447 g/mol. The lowest BCUT2D eigenvalue weighted by atomic mass is 10.0. The molecule has 7 heteroatoms. The number of amides is 2. The lowest BCUT2D eigenvalue weighted by Crippen LogP contribution is -2.20. The minimum absolute atomic E-state index is 0.167. The van der Waals surface area contributed by atoms with Gasteiger partial charge in [0.1, 0.15) is 5.65 Å². The molecule has 0 saturated heterocycles. The molecule has 0 bridgehead atoms. The van der Waals surface area contributed by atoms with Gasteiger partial charge in [-0.1, -0.05) is 36.4 Å². The molecule has 0 spiro atoms. The summed E-state index contributed by atoms with van der Waals surface area (Å²) in [5, 5.41) is 6.35. The van der Waals surface area contributed by atoms with Gasteiger partial charge < -0.3 is 15.6 Å². The molecule has 2 amide bonds. The van der Waals surface area contributed by atoms with Crippen molar-refractivity contribution in [2.24, 2.45) is 0 Å². The first-order chi connectivity index (χ1) is 16.6. The Morgan fingerprint density at radius 2 is 1.76 bits per heavy atom. The van der Waals surface area contributed by atoms with E-state index in [2.05, 4.69) is 25.6 Å². The van der Waals surface area contributed by atoms with Crippen LogP contribution in [0.5, 0.6) is 0 Å². The lowest BCUT2D eigenvalue weighted by molar-refractivity contribution is 0.104. The van der Waals surface area contributed by atoms with Crippen molar-refractivity contribution in [3.63, 3.8) is 0 Å². The van der Waals surface area contributed by atoms with E-state index in [-0.39, 0.29) is 11.8 Å². The van der Waals surface area contributed by atoms with Crippen molar-refractivity contribution in [2.75, 3.05) is 10.6 Å². The maximum atomic E-state index is 13.4. The van der Waals surface area contributed by atoms with E-state index in [1.807, 2.05) is 49.4 Å². The van der Waals surface area contributed by atoms with Crippen LogP contribution >= 0.6 is 0 Å². The Bertz CT molecular complexity index is 1510. The highest BCUT2D eigenvalue weighted by Crippen LogP contribution is 2.26. The smallest absolute Gasteiger partial charge is 0.323 e. The van der Waals surface area contributed by atoms with Crippen molar-refractivity contribution in [3.05, 3.63) is 108 Å². The first kappa shape index (κ1) is 21.1. The van der Waals surface area contributed by atoms with E-state index < -0.39 is 0 Å². The Morgan fingerprint density at radius 3 is 2.59 bits per heavy atom. The number of aromatic nitrogens is 3. The largest absolute Gasteiger partial charge is 0.345 e. The summed E-state index contributed by atoms with van der Waals surface area (Å²) in [5.74, 6) is -0.167. The lowest BCUT2D eigenvalue weighted by Gasteiger charge is -2.10. The van der Waals surface area contributed by atoms with Crippen LogP contribution in [0.1, 0.15) is 21.5 Å². The first-order valence-electron chi connectivity index (χ1n) is 10.7. The summed E-state index contributed by atoms with van der Waals surface area (Å²) in [4.78, 5) is 37.5. The molecule has 5 aromatic rings. The number of pyridine rings is 2. The average Bonchev–Trinajstić information content (AvgIpc) is 3.29. The number of hydrogen-bond donors (Lipinski definition) is 3. The van der Waals surface area contributed by atoms with E-state index in [0.717, 1.165) is 27.8 Å². The molecule has 0 aliphatic carbocycles. The zero-order valence-electron chi connectivity index (χ0n) is 18.4. The molecule has 166 valence electrons. The van der Waals surface area contributed by atoms with Crippen LogP contribution in [0, 0.1) is 6.92 Å². The molecular weight excluding hydrogens is 426 g/mol. The molecule has 3 N–H and O–H groups in total. The van der Waals surface area contributed by atoms with Crippen LogP contribution in [0.2, 0.25) is 0 Å². The van der Waals surface area contributed by atoms with E-state index in [1.54, 1.807) is 49.1 Å². The molecule has 2 aromatic carbocycles. The van der Waals surface area contributed by atoms with Crippen molar-refractivity contribution in [3.8, 4) is 11.1 Å². The van der Waals surface area contributed by atoms with Gasteiger partial charge in [-0.2, -0.15) is 0 Å². The van der Waals surface area contributed by atoms with Crippen LogP contribution in [0.3, 0.4) is 0 Å². The Hall–Kier alpha value is -4.78. The van der Waals surface area contributed by atoms with Gasteiger partial charge in [-0.15, -0.1) is 0 Å². The van der Waals surface area contributed by atoms with E-state index in [4.69, 9.17) is 0 Å². The zero-order chi connectivity index (χ0) is 23.5. The number of carbonyl (C=O) groups is 2. The molecule has 0 fully saturated rings. The quantitative estimate of drug-likeness (QED) is 0.296. The van der Waals surface area contributed by atoms with Crippen LogP contribution in [0.25, 0.3) is 22.2 Å². The number of nitrogens with zero attached hydrogens (tertiary/aromatic N) is 2. The van der Waals surface area contributed by atoms with Crippen LogP contribution in [-0.4, -0.2) is 26.8 Å². The summed E-state index contributed by atoms with van der Waals surface area (Å²) >= 11 is 0. The molecule has 0 unspecified atom stereocenters. The van der Waals surface area contributed by atoms with Gasteiger partial charge in [0.2, 0.25) is 0 Å². The second-order valence-electron chi connectivity index (χ2n) is 7.87. The van der Waals surface area contributed by atoms with Crippen molar-refractivity contribution in [1.29, 1.82) is 0 Å². The van der Waals surface area contributed by atoms with Crippen molar-refractivity contribution >= 4 is 34.2 Å². The topological polar surface area (TPSA) is 99.8 Å². The van der Waals surface area contributed by atoms with Gasteiger partial charge in [-0.3, -0.25) is 9.78 Å². The number of H-pyrrole nitrogens is 1. The molecule has 3 heterocycles. The van der Waals surface area contributed by atoms with Crippen LogP contribution < -0.4 is 10.6 Å². The van der Waals surface area contributed by atoms with E-state index >= 15 is 0 Å². The SMILES string of the molecule is Cc1ccccc1NC(=O)Nc1cccc(C(=O)c2c[nH]c3ncc(-c4cccnc4)cc23)c1. The standard InChI is InChI=1S/C27H21N5O2/c1-17-6-2-3-10-24(17)32-27(34)31-21-9-4-7-18(12-21)25(33)23-16-30-26-22(23)13-20(15-29-26)19-8-5-11-28-14-19/h2-16H,1H3,(H,29,30)(H2,31,32,34). The maximum Gasteiger partial charge on any atom is 0.323 e. The fourth-order valence-electron chi connectivity index (χ4n) is 3.77. The molecule has 3 aromatic heterocycles. The van der Waals surface area contributed by atoms with E-state index in [9.17, 15) is 9.59 Å². The maximum absolute atomic E-state index is 13.4. The van der Waals surface area contributed by atoms with Gasteiger partial charge in [0, 0.05) is 63.8 Å². The summed E-state index contributed by atoms with van der Waals surface area (Å²) in [6.07, 6.45) is 6.89. The van der Waals surface area contributed by atoms with E-state index in [0.29, 0.717) is 22.5 Å². The highest BCUT2D eigenvalue weighted by Gasteiger charge is 2.17. The molecule has 7 nitrogen and oxygen atoms in total. The summed E-state index contributed by atoms with van der Waals surface area (Å²) in [7, 11) is 0. The van der Waals surface area contributed by atoms with Crippen LogP contribution in [-0.2, 0) is 0 Å². The second-order valence-corrected chi connectivity index (χ2v) is 7.87. The van der Waals surface area contributed by atoms with Crippen molar-refractivity contribution in [1.82, 2.24) is 15.0 Å². The highest BCUT2D eigenvalue weighted by atomic mass is 16.2. The number of rotatable bonds is 5. The number of urea groups is 1. The first-order valence-corrected chi connectivity index (χ1v) is 10.7. The number of anilines is 2. The normalized spacial score (nSPS) is 10.7. The predicted octanol–water partition coefficient (Wildman–Crippen LogP) is 5.81. The zero-order valence-corrected chi connectivity index (χ0v) is 18.4. The summed E-state index contributed by atoms with van der Waals surface area (Å²) in [6.45, 7) is 1.92. The van der Waals surface area contributed by atoms with Gasteiger partial charge in [0.05, 0.1) is 0 Å². The Labute approximate surface area is 195 Å². The number of aryl methyl sites for hydroxylation is 1. The van der Waals surface area contributed by atoms with Gasteiger partial charge >= 0.3 is 6.03 Å². The van der Waals surface area contributed by atoms with Crippen LogP contribution in [0.4, 0.5) is 16.2 Å². The average molecular weight is 447 g/mol. The molecule has 0 atom stereocenters. The third-order valence-electron chi connectivity index (χ3n) is 5.55. The minimum Gasteiger partial charge on any atom is -0.345 e. The number of para-hydroxylation sites is 1. The molecular formula is C27H21N5O2. The Balaban J connectivity index is 1.39. The number of carbonyl (C=O) groups excluding carboxylic acids is 2. The van der Waals surface area contributed by atoms with Crippen molar-refractivity contribution in [2.45, 2.75) is 6.92 Å². The van der Waals surface area contributed by atoms with E-state index in [1.165, 1.54) is 0 Å². The van der Waals surface area contributed by atoms with Crippen molar-refractivity contribution < 1.29 is 9.59 Å². The number of hydrogen-bond acceptors (Lipinski definition) is 4. The fourth-order valence-corrected chi connectivity index (χ4v) is 3.77. The molecule has 0 aliphatic heterocycles. The highest BCUT2D eigenvalue weighted by molar-refractivity contribution is 6.16. The number of benzene rings is 2. The molecule has 5 rings (SSSR count). The fraction of sp³-hybridized carbons (Fsp3) is 0.0370. The molecule has 0 saturated carbocycles. The van der Waals surface area contributed by atoms with Gasteiger partial charge in [0.25, 0.3) is 0 Å². The summed E-state index contributed by atoms with van der Waals surface area (Å²) in [6, 6.07) is 19.8. The van der Waals surface area contributed by atoms with Gasteiger partial charge in [-0.05, 0) is 42.8 Å². The number of fused-ring (bicyclic) bond motifs is 1. The Morgan fingerprint density at radius 1 is 0.882 bits per heavy atom. The van der Waals surface area contributed by atoms with Crippen LogP contribution in [0.15, 0.2) is 91.5 Å². The molecule has 34 heavy (non-hydrogen) atoms. The second kappa shape index (κ2) is 8.99. The predicted molar refractivity (Wildman–Crippen MR) is 133 cm³/mol.